The average molecular weight is 426 g/mol. The minimum Gasteiger partial charge on any atom is -0.468 e. The largest absolute Gasteiger partial charge is 0.468 e. The second-order valence-corrected chi connectivity index (χ2v) is 8.78. The van der Waals surface area contributed by atoms with Gasteiger partial charge in [-0.2, -0.15) is 4.99 Å². The maximum atomic E-state index is 12.8. The molecule has 0 fully saturated rings. The highest BCUT2D eigenvalue weighted by Gasteiger charge is 2.14. The molecule has 4 aromatic rings. The van der Waals surface area contributed by atoms with Gasteiger partial charge in [-0.3, -0.25) is 9.59 Å². The van der Waals surface area contributed by atoms with Crippen molar-refractivity contribution in [3.8, 4) is 0 Å². The molecule has 6 nitrogen and oxygen atoms in total. The number of benzene rings is 2. The van der Waals surface area contributed by atoms with Gasteiger partial charge in [0.1, 0.15) is 6.54 Å². The van der Waals surface area contributed by atoms with E-state index in [2.05, 4.69) is 29.9 Å². The molecule has 2 aromatic carbocycles. The van der Waals surface area contributed by atoms with E-state index < -0.39 is 5.97 Å². The van der Waals surface area contributed by atoms with Gasteiger partial charge < -0.3 is 9.30 Å². The SMILES string of the molecule is COC(=O)Cn1c(=NC(=O)c2ccc3ncsc3c2)sc2cc(C(C)C)ccc21. The van der Waals surface area contributed by atoms with Gasteiger partial charge in [-0.25, -0.2) is 4.98 Å². The van der Waals surface area contributed by atoms with Crippen molar-refractivity contribution in [3.63, 3.8) is 0 Å². The van der Waals surface area contributed by atoms with Crippen molar-refractivity contribution in [3.05, 3.63) is 57.8 Å². The normalized spacial score (nSPS) is 12.2. The molecule has 0 atom stereocenters. The number of ether oxygens (including phenoxy) is 1. The second kappa shape index (κ2) is 7.88. The number of carbonyl (C=O) groups is 2. The molecule has 0 aliphatic heterocycles. The molecule has 29 heavy (non-hydrogen) atoms. The summed E-state index contributed by atoms with van der Waals surface area (Å²) in [5.41, 5.74) is 5.15. The molecule has 0 saturated heterocycles. The van der Waals surface area contributed by atoms with E-state index in [-0.39, 0.29) is 12.5 Å². The van der Waals surface area contributed by atoms with Crippen molar-refractivity contribution in [2.24, 2.45) is 4.99 Å². The molecule has 2 heterocycles. The van der Waals surface area contributed by atoms with E-state index in [4.69, 9.17) is 4.74 Å². The molecule has 0 spiro atoms. The predicted molar refractivity (Wildman–Crippen MR) is 115 cm³/mol. The molecule has 0 unspecified atom stereocenters. The standard InChI is InChI=1S/C21H19N3O3S2/c1-12(2)13-5-7-16-18(8-13)29-21(24(16)10-19(25)27-3)23-20(26)14-4-6-15-17(9-14)28-11-22-15/h4-9,11-12H,10H2,1-3H3. The molecular weight excluding hydrogens is 406 g/mol. The van der Waals surface area contributed by atoms with Gasteiger partial charge in [-0.05, 0) is 41.8 Å². The van der Waals surface area contributed by atoms with Crippen molar-refractivity contribution < 1.29 is 14.3 Å². The molecule has 0 aliphatic rings. The Hall–Kier alpha value is -2.84. The van der Waals surface area contributed by atoms with Crippen molar-refractivity contribution >= 4 is 55.0 Å². The fraction of sp³-hybridized carbons (Fsp3) is 0.238. The summed E-state index contributed by atoms with van der Waals surface area (Å²) < 4.78 is 8.48. The average Bonchev–Trinajstić information content (AvgIpc) is 3.31. The Labute approximate surface area is 175 Å². The Kier molecular flexibility index (Phi) is 5.29. The number of rotatable bonds is 4. The fourth-order valence-electron chi connectivity index (χ4n) is 3.02. The second-order valence-electron chi connectivity index (χ2n) is 6.88. The van der Waals surface area contributed by atoms with Gasteiger partial charge in [0.2, 0.25) is 0 Å². The van der Waals surface area contributed by atoms with Crippen molar-refractivity contribution in [1.29, 1.82) is 0 Å². The number of thiazole rings is 2. The lowest BCUT2D eigenvalue weighted by molar-refractivity contribution is -0.141. The van der Waals surface area contributed by atoms with Crippen LogP contribution in [0.1, 0.15) is 35.7 Å². The van der Waals surface area contributed by atoms with E-state index in [1.54, 1.807) is 22.2 Å². The maximum Gasteiger partial charge on any atom is 0.325 e. The van der Waals surface area contributed by atoms with E-state index in [0.29, 0.717) is 16.3 Å². The van der Waals surface area contributed by atoms with E-state index >= 15 is 0 Å². The van der Waals surface area contributed by atoms with Gasteiger partial charge in [-0.1, -0.05) is 31.3 Å². The number of hydrogen-bond donors (Lipinski definition) is 0. The van der Waals surface area contributed by atoms with Gasteiger partial charge in [0, 0.05) is 5.56 Å². The molecule has 4 rings (SSSR count). The predicted octanol–water partition coefficient (Wildman–Crippen LogP) is 4.35. The number of amides is 1. The molecule has 2 aromatic heterocycles. The zero-order valence-electron chi connectivity index (χ0n) is 16.2. The van der Waals surface area contributed by atoms with Gasteiger partial charge in [-0.15, -0.1) is 11.3 Å². The summed E-state index contributed by atoms with van der Waals surface area (Å²) in [6.07, 6.45) is 0. The molecule has 1 amide bonds. The summed E-state index contributed by atoms with van der Waals surface area (Å²) in [5, 5.41) is 0. The van der Waals surface area contributed by atoms with Crippen LogP contribution in [0.25, 0.3) is 20.4 Å². The highest BCUT2D eigenvalue weighted by molar-refractivity contribution is 7.17. The fourth-order valence-corrected chi connectivity index (χ4v) is 4.81. The molecular formula is C21H19N3O3S2. The molecule has 0 N–H and O–H groups in total. The Morgan fingerprint density at radius 1 is 1.17 bits per heavy atom. The van der Waals surface area contributed by atoms with Crippen LogP contribution < -0.4 is 4.80 Å². The van der Waals surface area contributed by atoms with E-state index in [1.807, 2.05) is 18.2 Å². The first-order chi connectivity index (χ1) is 14.0. The van der Waals surface area contributed by atoms with Crippen molar-refractivity contribution in [2.45, 2.75) is 26.3 Å². The molecule has 0 aliphatic carbocycles. The Morgan fingerprint density at radius 2 is 2.00 bits per heavy atom. The van der Waals surface area contributed by atoms with E-state index in [0.717, 1.165) is 20.4 Å². The lowest BCUT2D eigenvalue weighted by atomic mass is 10.0. The minimum atomic E-state index is -0.391. The van der Waals surface area contributed by atoms with Gasteiger partial charge in [0.05, 0.1) is 33.1 Å². The first kappa shape index (κ1) is 19.5. The van der Waals surface area contributed by atoms with Gasteiger partial charge in [0.15, 0.2) is 4.80 Å². The number of methoxy groups -OCH3 is 1. The Morgan fingerprint density at radius 3 is 2.76 bits per heavy atom. The van der Waals surface area contributed by atoms with Crippen molar-refractivity contribution in [1.82, 2.24) is 9.55 Å². The van der Waals surface area contributed by atoms with Crippen LogP contribution in [0, 0.1) is 0 Å². The number of nitrogens with zero attached hydrogens (tertiary/aromatic N) is 3. The summed E-state index contributed by atoms with van der Waals surface area (Å²) in [5.74, 6) is -0.365. The lowest BCUT2D eigenvalue weighted by Crippen LogP contribution is -2.22. The topological polar surface area (TPSA) is 73.6 Å². The third-order valence-electron chi connectivity index (χ3n) is 4.66. The highest BCUT2D eigenvalue weighted by atomic mass is 32.1. The van der Waals surface area contributed by atoms with Crippen LogP contribution in [-0.4, -0.2) is 28.5 Å². The summed E-state index contributed by atoms with van der Waals surface area (Å²) in [4.78, 5) is 33.8. The van der Waals surface area contributed by atoms with Crippen LogP contribution in [0.3, 0.4) is 0 Å². The summed E-state index contributed by atoms with van der Waals surface area (Å²) in [6.45, 7) is 4.25. The summed E-state index contributed by atoms with van der Waals surface area (Å²) in [7, 11) is 1.35. The van der Waals surface area contributed by atoms with Crippen LogP contribution in [0.2, 0.25) is 0 Å². The number of aromatic nitrogens is 2. The zero-order valence-corrected chi connectivity index (χ0v) is 17.8. The molecule has 0 radical (unpaired) electrons. The third-order valence-corrected chi connectivity index (χ3v) is 6.50. The van der Waals surface area contributed by atoms with Crippen LogP contribution in [0.4, 0.5) is 0 Å². The van der Waals surface area contributed by atoms with Gasteiger partial charge in [0.25, 0.3) is 5.91 Å². The number of fused-ring (bicyclic) bond motifs is 2. The van der Waals surface area contributed by atoms with Gasteiger partial charge >= 0.3 is 5.97 Å². The van der Waals surface area contributed by atoms with Crippen LogP contribution in [-0.2, 0) is 16.1 Å². The number of hydrogen-bond acceptors (Lipinski definition) is 6. The van der Waals surface area contributed by atoms with Crippen LogP contribution >= 0.6 is 22.7 Å². The summed E-state index contributed by atoms with van der Waals surface area (Å²) in [6, 6.07) is 11.4. The minimum absolute atomic E-state index is 0.00246. The Bertz CT molecular complexity index is 1300. The monoisotopic (exact) mass is 425 g/mol. The number of esters is 1. The Balaban J connectivity index is 1.84. The zero-order chi connectivity index (χ0) is 20.5. The van der Waals surface area contributed by atoms with E-state index in [9.17, 15) is 9.59 Å². The highest BCUT2D eigenvalue weighted by Crippen LogP contribution is 2.24. The third kappa shape index (κ3) is 3.86. The molecule has 8 heteroatoms. The summed E-state index contributed by atoms with van der Waals surface area (Å²) >= 11 is 2.87. The lowest BCUT2D eigenvalue weighted by Gasteiger charge is -2.06. The first-order valence-corrected chi connectivity index (χ1v) is 10.8. The molecule has 0 saturated carbocycles. The molecule has 148 valence electrons. The van der Waals surface area contributed by atoms with Crippen LogP contribution in [0.5, 0.6) is 0 Å². The maximum absolute atomic E-state index is 12.8. The first-order valence-electron chi connectivity index (χ1n) is 9.08. The van der Waals surface area contributed by atoms with Crippen LogP contribution in [0.15, 0.2) is 46.9 Å². The number of carbonyl (C=O) groups excluding carboxylic acids is 2. The van der Waals surface area contributed by atoms with E-state index in [1.165, 1.54) is 35.3 Å². The molecule has 0 bridgehead atoms. The smallest absolute Gasteiger partial charge is 0.325 e. The van der Waals surface area contributed by atoms with Crippen molar-refractivity contribution in [2.75, 3.05) is 7.11 Å². The quantitative estimate of drug-likeness (QED) is 0.456.